The highest BCUT2D eigenvalue weighted by Crippen LogP contribution is 2.23. The van der Waals surface area contributed by atoms with Crippen molar-refractivity contribution in [3.63, 3.8) is 0 Å². The topological polar surface area (TPSA) is 75.5 Å². The Morgan fingerprint density at radius 3 is 2.57 bits per heavy atom. The molecule has 0 bridgehead atoms. The van der Waals surface area contributed by atoms with Crippen LogP contribution in [0.4, 0.5) is 10.7 Å². The van der Waals surface area contributed by atoms with E-state index < -0.39 is 4.92 Å². The predicted molar refractivity (Wildman–Crippen MR) is 90.0 cm³/mol. The van der Waals surface area contributed by atoms with E-state index >= 15 is 0 Å². The highest BCUT2D eigenvalue weighted by molar-refractivity contribution is 7.13. The summed E-state index contributed by atoms with van der Waals surface area (Å²) in [7, 11) is 0. The van der Waals surface area contributed by atoms with Crippen molar-refractivity contribution in [2.75, 3.05) is 18.0 Å². The average molecular weight is 331 g/mol. The van der Waals surface area contributed by atoms with Crippen molar-refractivity contribution in [2.45, 2.75) is 19.4 Å². The van der Waals surface area contributed by atoms with Gasteiger partial charge in [-0.05, 0) is 30.5 Å². The van der Waals surface area contributed by atoms with E-state index in [1.165, 1.54) is 30.0 Å². The standard InChI is InChI=1S/C16H17N3O3S/c20-16(13-9-15(19(21)22)23-11-13)17-10-12-3-5-14(6-4-12)18-7-1-2-8-18/h3-6,9,11H,1-2,7-8,10H2,(H,17,20). The largest absolute Gasteiger partial charge is 0.372 e. The third kappa shape index (κ3) is 3.68. The molecule has 2 heterocycles. The van der Waals surface area contributed by atoms with Gasteiger partial charge in [0.25, 0.3) is 5.91 Å². The molecule has 120 valence electrons. The summed E-state index contributed by atoms with van der Waals surface area (Å²) in [5.41, 5.74) is 2.55. The Bertz CT molecular complexity index is 706. The fourth-order valence-corrected chi connectivity index (χ4v) is 3.33. The normalized spacial score (nSPS) is 14.0. The lowest BCUT2D eigenvalue weighted by molar-refractivity contribution is -0.380. The van der Waals surface area contributed by atoms with Crippen molar-refractivity contribution in [1.29, 1.82) is 0 Å². The first-order valence-electron chi connectivity index (χ1n) is 7.48. The van der Waals surface area contributed by atoms with Gasteiger partial charge in [0.1, 0.15) is 0 Å². The number of nitro groups is 1. The van der Waals surface area contributed by atoms with Gasteiger partial charge < -0.3 is 10.2 Å². The molecule has 0 saturated carbocycles. The zero-order valence-corrected chi connectivity index (χ0v) is 13.3. The number of carbonyl (C=O) groups excluding carboxylic acids is 1. The molecule has 7 heteroatoms. The second-order valence-electron chi connectivity index (χ2n) is 5.47. The quantitative estimate of drug-likeness (QED) is 0.674. The van der Waals surface area contributed by atoms with E-state index in [1.54, 1.807) is 0 Å². The van der Waals surface area contributed by atoms with Crippen LogP contribution in [0.5, 0.6) is 0 Å². The maximum absolute atomic E-state index is 12.0. The lowest BCUT2D eigenvalue weighted by atomic mass is 10.2. The summed E-state index contributed by atoms with van der Waals surface area (Å²) < 4.78 is 0. The maximum atomic E-state index is 12.0. The number of anilines is 1. The summed E-state index contributed by atoms with van der Waals surface area (Å²) in [6.45, 7) is 2.61. The van der Waals surface area contributed by atoms with Crippen molar-refractivity contribution in [1.82, 2.24) is 5.32 Å². The number of hydrogen-bond donors (Lipinski definition) is 1. The Hall–Kier alpha value is -2.41. The number of nitrogens with one attached hydrogen (secondary N) is 1. The number of nitrogens with zero attached hydrogens (tertiary/aromatic N) is 2. The molecule has 1 aromatic heterocycles. The van der Waals surface area contributed by atoms with Crippen LogP contribution in [0.25, 0.3) is 0 Å². The SMILES string of the molecule is O=C(NCc1ccc(N2CCCC2)cc1)c1csc([N+](=O)[O-])c1. The highest BCUT2D eigenvalue weighted by Gasteiger charge is 2.15. The van der Waals surface area contributed by atoms with Gasteiger partial charge in [-0.1, -0.05) is 23.5 Å². The van der Waals surface area contributed by atoms with Crippen LogP contribution >= 0.6 is 11.3 Å². The van der Waals surface area contributed by atoms with Crippen LogP contribution < -0.4 is 10.2 Å². The van der Waals surface area contributed by atoms with Crippen LogP contribution in [0.2, 0.25) is 0 Å². The third-order valence-electron chi connectivity index (χ3n) is 3.89. The Labute approximate surface area is 137 Å². The number of rotatable bonds is 5. The molecule has 6 nitrogen and oxygen atoms in total. The van der Waals surface area contributed by atoms with Crippen LogP contribution in [-0.2, 0) is 6.54 Å². The third-order valence-corrected chi connectivity index (χ3v) is 4.77. The van der Waals surface area contributed by atoms with E-state index in [2.05, 4.69) is 22.3 Å². The van der Waals surface area contributed by atoms with Crippen LogP contribution in [0.1, 0.15) is 28.8 Å². The van der Waals surface area contributed by atoms with E-state index in [-0.39, 0.29) is 10.9 Å². The summed E-state index contributed by atoms with van der Waals surface area (Å²) in [5.74, 6) is -0.294. The molecule has 1 N–H and O–H groups in total. The van der Waals surface area contributed by atoms with Gasteiger partial charge in [0.2, 0.25) is 0 Å². The van der Waals surface area contributed by atoms with Crippen molar-refractivity contribution in [2.24, 2.45) is 0 Å². The summed E-state index contributed by atoms with van der Waals surface area (Å²) in [5, 5.41) is 14.9. The van der Waals surface area contributed by atoms with Crippen LogP contribution in [0.3, 0.4) is 0 Å². The molecule has 23 heavy (non-hydrogen) atoms. The fourth-order valence-electron chi connectivity index (χ4n) is 2.62. The molecule has 0 unspecified atom stereocenters. The summed E-state index contributed by atoms with van der Waals surface area (Å²) in [6.07, 6.45) is 2.48. The first-order valence-corrected chi connectivity index (χ1v) is 8.36. The van der Waals surface area contributed by atoms with Crippen molar-refractivity contribution in [3.05, 3.63) is 57.0 Å². The average Bonchev–Trinajstić information content (AvgIpc) is 3.24. The first kappa shape index (κ1) is 15.5. The molecule has 1 aromatic carbocycles. The van der Waals surface area contributed by atoms with Gasteiger partial charge >= 0.3 is 5.00 Å². The highest BCUT2D eigenvalue weighted by atomic mass is 32.1. The minimum absolute atomic E-state index is 0.0230. The predicted octanol–water partition coefficient (Wildman–Crippen LogP) is 3.19. The second kappa shape index (κ2) is 6.78. The molecular formula is C16H17N3O3S. The smallest absolute Gasteiger partial charge is 0.324 e. The van der Waals surface area contributed by atoms with Gasteiger partial charge in [-0.3, -0.25) is 14.9 Å². The number of thiophene rings is 1. The summed E-state index contributed by atoms with van der Waals surface area (Å²) >= 11 is 0.958. The van der Waals surface area contributed by atoms with Crippen LogP contribution in [-0.4, -0.2) is 23.9 Å². The Balaban J connectivity index is 1.56. The summed E-state index contributed by atoms with van der Waals surface area (Å²) in [6, 6.07) is 9.45. The lowest BCUT2D eigenvalue weighted by Crippen LogP contribution is -2.22. The lowest BCUT2D eigenvalue weighted by Gasteiger charge is -2.17. The van der Waals surface area contributed by atoms with Crippen molar-refractivity contribution >= 4 is 27.9 Å². The second-order valence-corrected chi connectivity index (χ2v) is 6.36. The molecule has 0 spiro atoms. The molecule has 1 fully saturated rings. The van der Waals surface area contributed by atoms with E-state index in [4.69, 9.17) is 0 Å². The van der Waals surface area contributed by atoms with Gasteiger partial charge in [0.15, 0.2) is 0 Å². The van der Waals surface area contributed by atoms with E-state index in [0.717, 1.165) is 30.0 Å². The molecule has 1 saturated heterocycles. The fraction of sp³-hybridized carbons (Fsp3) is 0.312. The van der Waals surface area contributed by atoms with E-state index in [0.29, 0.717) is 12.1 Å². The van der Waals surface area contributed by atoms with Gasteiger partial charge in [-0.25, -0.2) is 0 Å². The molecule has 0 atom stereocenters. The minimum atomic E-state index is -0.488. The van der Waals surface area contributed by atoms with Gasteiger partial charge in [0.05, 0.1) is 10.5 Å². The molecule has 0 aliphatic carbocycles. The zero-order valence-electron chi connectivity index (χ0n) is 12.5. The zero-order chi connectivity index (χ0) is 16.2. The number of benzene rings is 1. The van der Waals surface area contributed by atoms with Gasteiger partial charge in [0, 0.05) is 36.8 Å². The molecule has 1 aliphatic heterocycles. The minimum Gasteiger partial charge on any atom is -0.372 e. The van der Waals surface area contributed by atoms with Crippen LogP contribution in [0, 0.1) is 10.1 Å². The molecule has 1 amide bonds. The van der Waals surface area contributed by atoms with Crippen molar-refractivity contribution in [3.8, 4) is 0 Å². The molecule has 0 radical (unpaired) electrons. The van der Waals surface area contributed by atoms with E-state index in [9.17, 15) is 14.9 Å². The Morgan fingerprint density at radius 1 is 1.26 bits per heavy atom. The number of carbonyl (C=O) groups is 1. The molecule has 3 rings (SSSR count). The molecule has 1 aliphatic rings. The molecular weight excluding hydrogens is 314 g/mol. The monoisotopic (exact) mass is 331 g/mol. The summed E-state index contributed by atoms with van der Waals surface area (Å²) in [4.78, 5) is 24.5. The number of hydrogen-bond acceptors (Lipinski definition) is 5. The van der Waals surface area contributed by atoms with E-state index in [1.807, 2.05) is 12.1 Å². The first-order chi connectivity index (χ1) is 11.1. The maximum Gasteiger partial charge on any atom is 0.324 e. The molecule has 2 aromatic rings. The van der Waals surface area contributed by atoms with Crippen molar-refractivity contribution < 1.29 is 9.72 Å². The van der Waals surface area contributed by atoms with Gasteiger partial charge in [-0.15, -0.1) is 0 Å². The number of amides is 1. The van der Waals surface area contributed by atoms with Gasteiger partial charge in [-0.2, -0.15) is 0 Å². The van der Waals surface area contributed by atoms with Crippen LogP contribution in [0.15, 0.2) is 35.7 Å². The Kier molecular flexibility index (Phi) is 4.57. The Morgan fingerprint density at radius 2 is 1.96 bits per heavy atom.